The standard InChI is InChI=1S/C12H19N3OS2/c1-2-3-6-17-12-11(14-18-15-12)16-10-8-4-5-9(10)13-7-8/h8-10,13H,2-7H2,1H3. The van der Waals surface area contributed by atoms with Crippen LogP contribution in [0, 0.1) is 5.92 Å². The van der Waals surface area contributed by atoms with Crippen molar-refractivity contribution in [3.05, 3.63) is 0 Å². The second kappa shape index (κ2) is 5.75. The molecule has 1 aliphatic carbocycles. The second-order valence-electron chi connectivity index (χ2n) is 5.01. The number of fused-ring (bicyclic) bond motifs is 2. The van der Waals surface area contributed by atoms with E-state index in [9.17, 15) is 0 Å². The van der Waals surface area contributed by atoms with Crippen molar-refractivity contribution in [1.82, 2.24) is 14.1 Å². The fourth-order valence-corrected chi connectivity index (χ4v) is 4.35. The molecule has 2 bridgehead atoms. The maximum atomic E-state index is 6.12. The van der Waals surface area contributed by atoms with Gasteiger partial charge in [-0.15, -0.1) is 4.37 Å². The zero-order valence-corrected chi connectivity index (χ0v) is 12.2. The number of ether oxygens (including phenoxy) is 1. The number of aromatic nitrogens is 2. The quantitative estimate of drug-likeness (QED) is 0.643. The molecule has 6 heteroatoms. The van der Waals surface area contributed by atoms with E-state index in [0.717, 1.165) is 23.2 Å². The van der Waals surface area contributed by atoms with Crippen LogP contribution < -0.4 is 10.1 Å². The van der Waals surface area contributed by atoms with Gasteiger partial charge in [-0.1, -0.05) is 25.1 Å². The van der Waals surface area contributed by atoms with E-state index in [1.165, 1.54) is 37.4 Å². The lowest BCUT2D eigenvalue weighted by molar-refractivity contribution is 0.166. The first kappa shape index (κ1) is 12.7. The Balaban J connectivity index is 1.61. The summed E-state index contributed by atoms with van der Waals surface area (Å²) < 4.78 is 14.8. The van der Waals surface area contributed by atoms with Crippen LogP contribution in [0.25, 0.3) is 0 Å². The molecule has 1 saturated carbocycles. The zero-order valence-electron chi connectivity index (χ0n) is 10.6. The zero-order chi connectivity index (χ0) is 12.4. The Morgan fingerprint density at radius 2 is 2.39 bits per heavy atom. The molecule has 3 rings (SSSR count). The predicted molar refractivity (Wildman–Crippen MR) is 74.5 cm³/mol. The summed E-state index contributed by atoms with van der Waals surface area (Å²) in [6.45, 7) is 3.31. The molecule has 1 aromatic rings. The Kier molecular flexibility index (Phi) is 4.06. The van der Waals surface area contributed by atoms with Gasteiger partial charge in [-0.2, -0.15) is 4.37 Å². The maximum absolute atomic E-state index is 6.12. The highest BCUT2D eigenvalue weighted by Crippen LogP contribution is 2.36. The molecule has 100 valence electrons. The van der Waals surface area contributed by atoms with Gasteiger partial charge in [0.2, 0.25) is 0 Å². The molecule has 2 heterocycles. The first-order valence-electron chi connectivity index (χ1n) is 6.74. The molecule has 4 nitrogen and oxygen atoms in total. The minimum atomic E-state index is 0.319. The first-order chi connectivity index (χ1) is 8.88. The van der Waals surface area contributed by atoms with Crippen LogP contribution in [-0.2, 0) is 0 Å². The summed E-state index contributed by atoms with van der Waals surface area (Å²) in [5.74, 6) is 2.55. The van der Waals surface area contributed by atoms with Crippen molar-refractivity contribution < 1.29 is 4.74 Å². The Morgan fingerprint density at radius 3 is 3.06 bits per heavy atom. The molecule has 1 aliphatic heterocycles. The molecular weight excluding hydrogens is 266 g/mol. The molecule has 1 saturated heterocycles. The highest BCUT2D eigenvalue weighted by atomic mass is 32.2. The number of nitrogens with one attached hydrogen (secondary N) is 1. The number of unbranched alkanes of at least 4 members (excludes halogenated alkanes) is 1. The molecule has 2 aliphatic rings. The summed E-state index contributed by atoms with van der Waals surface area (Å²) in [5, 5.41) is 4.50. The second-order valence-corrected chi connectivity index (χ2v) is 6.62. The molecule has 18 heavy (non-hydrogen) atoms. The summed E-state index contributed by atoms with van der Waals surface area (Å²) in [4.78, 5) is 0. The van der Waals surface area contributed by atoms with Gasteiger partial charge in [-0.05, 0) is 25.0 Å². The van der Waals surface area contributed by atoms with Crippen molar-refractivity contribution in [2.75, 3.05) is 12.3 Å². The third-order valence-corrected chi connectivity index (χ3v) is 5.43. The van der Waals surface area contributed by atoms with Gasteiger partial charge in [0.05, 0.1) is 11.7 Å². The molecule has 3 unspecified atom stereocenters. The average molecular weight is 285 g/mol. The van der Waals surface area contributed by atoms with E-state index >= 15 is 0 Å². The van der Waals surface area contributed by atoms with Gasteiger partial charge in [0, 0.05) is 18.5 Å². The smallest absolute Gasteiger partial charge is 0.260 e. The van der Waals surface area contributed by atoms with Gasteiger partial charge in [0.1, 0.15) is 6.10 Å². The summed E-state index contributed by atoms with van der Waals surface area (Å²) in [6, 6.07) is 0.533. The number of hydrogen-bond acceptors (Lipinski definition) is 6. The molecule has 1 aromatic heterocycles. The third kappa shape index (κ3) is 2.51. The molecular formula is C12H19N3OS2. The SMILES string of the molecule is CCCCSc1nsnc1OC1C2CCC1NC2. The number of nitrogens with zero attached hydrogens (tertiary/aromatic N) is 2. The van der Waals surface area contributed by atoms with Crippen LogP contribution in [0.4, 0.5) is 0 Å². The van der Waals surface area contributed by atoms with Crippen molar-refractivity contribution in [2.24, 2.45) is 5.92 Å². The third-order valence-electron chi connectivity index (χ3n) is 3.77. The molecule has 0 aromatic carbocycles. The highest BCUT2D eigenvalue weighted by Gasteiger charge is 2.43. The minimum Gasteiger partial charge on any atom is -0.470 e. The van der Waals surface area contributed by atoms with Crippen molar-refractivity contribution in [1.29, 1.82) is 0 Å². The van der Waals surface area contributed by atoms with E-state index in [4.69, 9.17) is 4.74 Å². The van der Waals surface area contributed by atoms with Gasteiger partial charge in [0.25, 0.3) is 5.88 Å². The van der Waals surface area contributed by atoms with Crippen LogP contribution >= 0.6 is 23.5 Å². The van der Waals surface area contributed by atoms with E-state index < -0.39 is 0 Å². The number of thioether (sulfide) groups is 1. The van der Waals surface area contributed by atoms with Crippen LogP contribution in [0.15, 0.2) is 5.03 Å². The van der Waals surface area contributed by atoms with Crippen molar-refractivity contribution in [3.8, 4) is 5.88 Å². The lowest BCUT2D eigenvalue weighted by Gasteiger charge is -2.15. The lowest BCUT2D eigenvalue weighted by atomic mass is 10.1. The average Bonchev–Trinajstić information content (AvgIpc) is 3.08. The Bertz CT molecular complexity index is 378. The highest BCUT2D eigenvalue weighted by molar-refractivity contribution is 7.99. The Morgan fingerprint density at radius 1 is 1.44 bits per heavy atom. The first-order valence-corrected chi connectivity index (χ1v) is 8.45. The van der Waals surface area contributed by atoms with Crippen LogP contribution in [-0.4, -0.2) is 33.2 Å². The van der Waals surface area contributed by atoms with E-state index in [0.29, 0.717) is 18.1 Å². The van der Waals surface area contributed by atoms with Crippen LogP contribution in [0.2, 0.25) is 0 Å². The summed E-state index contributed by atoms with van der Waals surface area (Å²) in [5.41, 5.74) is 0. The van der Waals surface area contributed by atoms with Crippen molar-refractivity contribution in [3.63, 3.8) is 0 Å². The summed E-state index contributed by atoms with van der Waals surface area (Å²) >= 11 is 3.04. The molecule has 2 fully saturated rings. The number of rotatable bonds is 6. The van der Waals surface area contributed by atoms with E-state index in [2.05, 4.69) is 21.0 Å². The minimum absolute atomic E-state index is 0.319. The van der Waals surface area contributed by atoms with Crippen LogP contribution in [0.1, 0.15) is 32.6 Å². The number of hydrogen-bond donors (Lipinski definition) is 1. The monoisotopic (exact) mass is 285 g/mol. The molecule has 3 atom stereocenters. The fraction of sp³-hybridized carbons (Fsp3) is 0.833. The summed E-state index contributed by atoms with van der Waals surface area (Å²) in [6.07, 6.45) is 5.29. The molecule has 1 N–H and O–H groups in total. The Hall–Kier alpha value is -0.330. The van der Waals surface area contributed by atoms with Gasteiger partial charge < -0.3 is 10.1 Å². The molecule has 0 radical (unpaired) electrons. The van der Waals surface area contributed by atoms with E-state index in [1.807, 2.05) is 0 Å². The lowest BCUT2D eigenvalue weighted by Crippen LogP contribution is -2.31. The van der Waals surface area contributed by atoms with Crippen molar-refractivity contribution >= 4 is 23.5 Å². The van der Waals surface area contributed by atoms with Crippen LogP contribution in [0.3, 0.4) is 0 Å². The topological polar surface area (TPSA) is 47.0 Å². The molecule has 0 spiro atoms. The van der Waals surface area contributed by atoms with Gasteiger partial charge >= 0.3 is 0 Å². The largest absolute Gasteiger partial charge is 0.470 e. The summed E-state index contributed by atoms with van der Waals surface area (Å²) in [7, 11) is 0. The van der Waals surface area contributed by atoms with Gasteiger partial charge in [-0.25, -0.2) is 0 Å². The number of piperidine rings is 1. The Labute approximate surface area is 116 Å². The van der Waals surface area contributed by atoms with E-state index in [-0.39, 0.29) is 0 Å². The fourth-order valence-electron chi connectivity index (χ4n) is 2.74. The molecule has 0 amide bonds. The van der Waals surface area contributed by atoms with Crippen LogP contribution in [0.5, 0.6) is 5.88 Å². The van der Waals surface area contributed by atoms with Crippen molar-refractivity contribution in [2.45, 2.75) is 49.8 Å². The van der Waals surface area contributed by atoms with E-state index in [1.54, 1.807) is 11.8 Å². The van der Waals surface area contributed by atoms with Gasteiger partial charge in [-0.3, -0.25) is 0 Å². The normalized spacial score (nSPS) is 29.9. The maximum Gasteiger partial charge on any atom is 0.260 e. The predicted octanol–water partition coefficient (Wildman–Crippen LogP) is 2.56. The van der Waals surface area contributed by atoms with Gasteiger partial charge in [0.15, 0.2) is 5.03 Å².